The molecule has 0 unspecified atom stereocenters. The third kappa shape index (κ3) is 6.13. The van der Waals surface area contributed by atoms with Gasteiger partial charge >= 0.3 is 0 Å². The second-order valence-corrected chi connectivity index (χ2v) is 11.7. The van der Waals surface area contributed by atoms with Crippen molar-refractivity contribution >= 4 is 9.84 Å². The van der Waals surface area contributed by atoms with Crippen LogP contribution in [0.15, 0.2) is 49.1 Å². The number of hydrogen-bond acceptors (Lipinski definition) is 10. The number of aliphatic hydroxyl groups is 1. The van der Waals surface area contributed by atoms with Gasteiger partial charge in [0, 0.05) is 30.4 Å². The molecule has 0 saturated heterocycles. The molecule has 0 saturated carbocycles. The molecule has 0 bridgehead atoms. The number of ether oxygens (including phenoxy) is 2. The highest BCUT2D eigenvalue weighted by Gasteiger charge is 2.35. The summed E-state index contributed by atoms with van der Waals surface area (Å²) < 4.78 is 40.8. The molecule has 0 aliphatic heterocycles. The van der Waals surface area contributed by atoms with Gasteiger partial charge < -0.3 is 14.6 Å². The number of benzene rings is 1. The molecule has 4 rings (SSSR count). The first-order valence-electron chi connectivity index (χ1n) is 12.4. The van der Waals surface area contributed by atoms with E-state index in [1.807, 2.05) is 39.0 Å². The van der Waals surface area contributed by atoms with Gasteiger partial charge in [-0.15, -0.1) is 10.2 Å². The van der Waals surface area contributed by atoms with E-state index in [4.69, 9.17) is 9.47 Å². The summed E-state index contributed by atoms with van der Waals surface area (Å²) in [6.45, 7) is 6.86. The maximum Gasteiger partial charge on any atom is 0.170 e. The monoisotopic (exact) mass is 552 g/mol. The van der Waals surface area contributed by atoms with Gasteiger partial charge in [0.25, 0.3) is 0 Å². The number of hydrogen-bond donors (Lipinski definition) is 1. The molecule has 2 atom stereocenters. The van der Waals surface area contributed by atoms with E-state index in [1.165, 1.54) is 0 Å². The van der Waals surface area contributed by atoms with E-state index in [0.29, 0.717) is 22.8 Å². The van der Waals surface area contributed by atoms with Gasteiger partial charge in [0.1, 0.15) is 17.6 Å². The zero-order valence-corrected chi connectivity index (χ0v) is 23.4. The van der Waals surface area contributed by atoms with E-state index in [2.05, 4.69) is 25.1 Å². The fourth-order valence-electron chi connectivity index (χ4n) is 4.24. The molecule has 0 fully saturated rings. The van der Waals surface area contributed by atoms with E-state index < -0.39 is 26.9 Å². The van der Waals surface area contributed by atoms with Crippen LogP contribution in [0.5, 0.6) is 5.75 Å². The van der Waals surface area contributed by atoms with Gasteiger partial charge in [0.15, 0.2) is 27.3 Å². The lowest BCUT2D eigenvalue weighted by atomic mass is 10.1. The number of aryl methyl sites for hydroxylation is 3. The smallest absolute Gasteiger partial charge is 0.170 e. The SMILES string of the molecule is COc1cccc(C)c1-n1c(CS(=O)(=O)[C@H](C)[C@@H](OCCO)c2ncc(C)cn2)nnc1-c1cncc(C)c1. The number of rotatable bonds is 11. The Hall–Kier alpha value is -3.74. The minimum absolute atomic E-state index is 0.0666. The lowest BCUT2D eigenvalue weighted by molar-refractivity contribution is 0.0226. The quantitative estimate of drug-likeness (QED) is 0.295. The van der Waals surface area contributed by atoms with Crippen molar-refractivity contribution in [1.82, 2.24) is 29.7 Å². The molecule has 39 heavy (non-hydrogen) atoms. The Balaban J connectivity index is 1.81. The average molecular weight is 553 g/mol. The van der Waals surface area contributed by atoms with Crippen molar-refractivity contribution in [3.05, 3.63) is 77.4 Å². The Bertz CT molecular complexity index is 1540. The second kappa shape index (κ2) is 12.0. The molecule has 0 radical (unpaired) electrons. The third-order valence-corrected chi connectivity index (χ3v) is 8.32. The zero-order valence-electron chi connectivity index (χ0n) is 22.6. The summed E-state index contributed by atoms with van der Waals surface area (Å²) in [5, 5.41) is 17.0. The minimum atomic E-state index is -3.91. The summed E-state index contributed by atoms with van der Waals surface area (Å²) in [5.41, 5.74) is 3.91. The van der Waals surface area contributed by atoms with E-state index in [0.717, 1.165) is 16.7 Å². The minimum Gasteiger partial charge on any atom is -0.495 e. The van der Waals surface area contributed by atoms with Gasteiger partial charge in [-0.25, -0.2) is 18.4 Å². The lowest BCUT2D eigenvalue weighted by Gasteiger charge is -2.23. The van der Waals surface area contributed by atoms with Gasteiger partial charge in [-0.1, -0.05) is 12.1 Å². The Labute approximate surface area is 227 Å². The van der Waals surface area contributed by atoms with E-state index in [1.54, 1.807) is 49.5 Å². The fourth-order valence-corrected chi connectivity index (χ4v) is 5.63. The first kappa shape index (κ1) is 28.3. The molecule has 1 N–H and O–H groups in total. The molecule has 206 valence electrons. The summed E-state index contributed by atoms with van der Waals surface area (Å²) in [6, 6.07) is 7.48. The van der Waals surface area contributed by atoms with Gasteiger partial charge in [-0.05, 0) is 56.5 Å². The zero-order chi connectivity index (χ0) is 28.2. The summed E-state index contributed by atoms with van der Waals surface area (Å²) in [6.07, 6.45) is 5.59. The van der Waals surface area contributed by atoms with Crippen LogP contribution in [0.1, 0.15) is 41.4 Å². The third-order valence-electron chi connectivity index (χ3n) is 6.27. The Kier molecular flexibility index (Phi) is 8.68. The first-order valence-corrected chi connectivity index (χ1v) is 14.1. The lowest BCUT2D eigenvalue weighted by Crippen LogP contribution is -2.31. The van der Waals surface area contributed by atoms with Crippen molar-refractivity contribution in [2.45, 2.75) is 44.8 Å². The highest BCUT2D eigenvalue weighted by Crippen LogP contribution is 2.33. The molecule has 3 heterocycles. The molecule has 0 aliphatic rings. The molecule has 0 aliphatic carbocycles. The van der Waals surface area contributed by atoms with Crippen LogP contribution >= 0.6 is 0 Å². The number of methoxy groups -OCH3 is 1. The predicted octanol–water partition coefficient (Wildman–Crippen LogP) is 3.11. The van der Waals surface area contributed by atoms with Crippen molar-refractivity contribution < 1.29 is 23.0 Å². The second-order valence-electron chi connectivity index (χ2n) is 9.30. The summed E-state index contributed by atoms with van der Waals surface area (Å²) in [7, 11) is -2.35. The number of pyridine rings is 1. The van der Waals surface area contributed by atoms with Crippen molar-refractivity contribution in [1.29, 1.82) is 0 Å². The fraction of sp³-hybridized carbons (Fsp3) is 0.370. The van der Waals surface area contributed by atoms with Crippen LogP contribution < -0.4 is 4.74 Å². The van der Waals surface area contributed by atoms with E-state index >= 15 is 0 Å². The number of sulfone groups is 1. The highest BCUT2D eigenvalue weighted by atomic mass is 32.2. The Morgan fingerprint density at radius 3 is 2.44 bits per heavy atom. The number of aliphatic hydroxyl groups excluding tert-OH is 1. The Morgan fingerprint density at radius 1 is 1.03 bits per heavy atom. The largest absolute Gasteiger partial charge is 0.495 e. The van der Waals surface area contributed by atoms with Crippen LogP contribution in [0.2, 0.25) is 0 Å². The van der Waals surface area contributed by atoms with Gasteiger partial charge in [-0.2, -0.15) is 0 Å². The molecule has 1 aromatic carbocycles. The molecule has 11 nitrogen and oxygen atoms in total. The highest BCUT2D eigenvalue weighted by molar-refractivity contribution is 7.91. The van der Waals surface area contributed by atoms with Crippen LogP contribution in [-0.4, -0.2) is 68.8 Å². The summed E-state index contributed by atoms with van der Waals surface area (Å²) in [5.74, 6) is 0.963. The van der Waals surface area contributed by atoms with Crippen molar-refractivity contribution in [3.63, 3.8) is 0 Å². The van der Waals surface area contributed by atoms with E-state index in [-0.39, 0.29) is 24.9 Å². The standard InChI is InChI=1S/C27H32N6O5S/c1-17-11-21(15-28-12-17)27-32-31-23(33(27)24-19(3)7-6-8-22(24)37-5)16-39(35,36)20(4)25(38-10-9-34)26-29-13-18(2)14-30-26/h6-8,11-15,20,25,34H,9-10,16H2,1-5H3/t20-,25-/m1/s1. The molecule has 3 aromatic heterocycles. The maximum atomic E-state index is 13.8. The topological polar surface area (TPSA) is 142 Å². The van der Waals surface area contributed by atoms with Crippen LogP contribution in [-0.2, 0) is 20.3 Å². The molecule has 12 heteroatoms. The molecule has 0 amide bonds. The first-order chi connectivity index (χ1) is 18.7. The normalized spacial score (nSPS) is 13.3. The number of nitrogens with zero attached hydrogens (tertiary/aromatic N) is 6. The predicted molar refractivity (Wildman–Crippen MR) is 145 cm³/mol. The van der Waals surface area contributed by atoms with Gasteiger partial charge in [-0.3, -0.25) is 9.55 Å². The van der Waals surface area contributed by atoms with Crippen molar-refractivity contribution in [2.24, 2.45) is 0 Å². The number of aromatic nitrogens is 6. The number of para-hydroxylation sites is 1. The van der Waals surface area contributed by atoms with Crippen LogP contribution in [0.3, 0.4) is 0 Å². The summed E-state index contributed by atoms with van der Waals surface area (Å²) in [4.78, 5) is 12.9. The summed E-state index contributed by atoms with van der Waals surface area (Å²) >= 11 is 0. The molecule has 4 aromatic rings. The van der Waals surface area contributed by atoms with Crippen molar-refractivity contribution in [2.75, 3.05) is 20.3 Å². The van der Waals surface area contributed by atoms with Crippen LogP contribution in [0.25, 0.3) is 17.1 Å². The van der Waals surface area contributed by atoms with Crippen LogP contribution in [0, 0.1) is 20.8 Å². The molecular weight excluding hydrogens is 520 g/mol. The molecular formula is C27H32N6O5S. The van der Waals surface area contributed by atoms with E-state index in [9.17, 15) is 13.5 Å². The van der Waals surface area contributed by atoms with Gasteiger partial charge in [0.2, 0.25) is 0 Å². The average Bonchev–Trinajstić information content (AvgIpc) is 3.31. The van der Waals surface area contributed by atoms with Crippen LogP contribution in [0.4, 0.5) is 0 Å². The molecule has 0 spiro atoms. The maximum absolute atomic E-state index is 13.8. The van der Waals surface area contributed by atoms with Gasteiger partial charge in [0.05, 0.1) is 31.3 Å². The Morgan fingerprint density at radius 2 is 1.77 bits per heavy atom. The van der Waals surface area contributed by atoms with Crippen molar-refractivity contribution in [3.8, 4) is 22.8 Å².